The van der Waals surface area contributed by atoms with Crippen molar-refractivity contribution in [1.82, 2.24) is 15.2 Å². The molecule has 0 amide bonds. The van der Waals surface area contributed by atoms with Gasteiger partial charge in [-0.05, 0) is 24.5 Å². The Hall–Kier alpha value is -0.930. The van der Waals surface area contributed by atoms with Crippen LogP contribution in [0.25, 0.3) is 0 Å². The van der Waals surface area contributed by atoms with E-state index in [1.54, 1.807) is 0 Å². The molecule has 0 radical (unpaired) electrons. The fourth-order valence-corrected chi connectivity index (χ4v) is 2.56. The molecule has 1 fully saturated rings. The molecule has 1 saturated heterocycles. The molecule has 1 aromatic rings. The molecule has 1 aromatic heterocycles. The van der Waals surface area contributed by atoms with E-state index in [1.165, 1.54) is 12.0 Å². The van der Waals surface area contributed by atoms with E-state index in [9.17, 15) is 0 Å². The molecule has 2 rings (SSSR count). The van der Waals surface area contributed by atoms with Gasteiger partial charge in [0.25, 0.3) is 0 Å². The normalized spacial score (nSPS) is 27.1. The highest BCUT2D eigenvalue weighted by atomic mass is 15.2. The first-order valence-electron chi connectivity index (χ1n) is 7.07. The van der Waals surface area contributed by atoms with Crippen LogP contribution in [0, 0.1) is 5.92 Å². The predicted octanol–water partition coefficient (Wildman–Crippen LogP) is 2.29. The first-order valence-corrected chi connectivity index (χ1v) is 7.07. The van der Waals surface area contributed by atoms with Crippen LogP contribution in [0.3, 0.4) is 0 Å². The molecule has 0 spiro atoms. The summed E-state index contributed by atoms with van der Waals surface area (Å²) in [6.45, 7) is 10.2. The van der Waals surface area contributed by atoms with Gasteiger partial charge in [0.15, 0.2) is 0 Å². The molecule has 3 unspecified atom stereocenters. The van der Waals surface area contributed by atoms with E-state index in [4.69, 9.17) is 0 Å². The summed E-state index contributed by atoms with van der Waals surface area (Å²) in [6, 6.07) is 5.42. The van der Waals surface area contributed by atoms with E-state index < -0.39 is 0 Å². The standard InChI is InChI=1S/C15H25N3/c1-4-12(2)15-11-18(13(3)8-17-15)10-14-6-5-7-16-9-14/h5-7,9,12-13,15,17H,4,8,10-11H2,1-3H3. The number of hydrogen-bond acceptors (Lipinski definition) is 3. The van der Waals surface area contributed by atoms with E-state index in [0.717, 1.165) is 25.6 Å². The summed E-state index contributed by atoms with van der Waals surface area (Å²) in [6.07, 6.45) is 5.06. The average Bonchev–Trinajstić information content (AvgIpc) is 2.41. The zero-order valence-corrected chi connectivity index (χ0v) is 11.8. The highest BCUT2D eigenvalue weighted by Gasteiger charge is 2.27. The minimum atomic E-state index is 0.602. The Morgan fingerprint density at radius 1 is 1.56 bits per heavy atom. The van der Waals surface area contributed by atoms with Crippen molar-refractivity contribution in [3.8, 4) is 0 Å². The Morgan fingerprint density at radius 2 is 2.39 bits per heavy atom. The van der Waals surface area contributed by atoms with Gasteiger partial charge in [0, 0.05) is 44.1 Å². The molecule has 0 saturated carbocycles. The Morgan fingerprint density at radius 3 is 3.06 bits per heavy atom. The Labute approximate surface area is 111 Å². The SMILES string of the molecule is CCC(C)C1CN(Cc2cccnc2)C(C)CN1. The number of pyridine rings is 1. The minimum Gasteiger partial charge on any atom is -0.311 e. The maximum Gasteiger partial charge on any atom is 0.0312 e. The molecule has 0 aromatic carbocycles. The van der Waals surface area contributed by atoms with Crippen molar-refractivity contribution in [2.45, 2.75) is 45.8 Å². The van der Waals surface area contributed by atoms with Gasteiger partial charge in [-0.3, -0.25) is 9.88 Å². The van der Waals surface area contributed by atoms with Gasteiger partial charge in [-0.25, -0.2) is 0 Å². The van der Waals surface area contributed by atoms with E-state index in [2.05, 4.69) is 42.0 Å². The molecule has 3 heteroatoms. The molecule has 3 nitrogen and oxygen atoms in total. The van der Waals surface area contributed by atoms with Gasteiger partial charge >= 0.3 is 0 Å². The maximum atomic E-state index is 4.20. The molecule has 1 aliphatic rings. The number of hydrogen-bond donors (Lipinski definition) is 1. The third-order valence-corrected chi connectivity index (χ3v) is 4.17. The minimum absolute atomic E-state index is 0.602. The zero-order chi connectivity index (χ0) is 13.0. The molecule has 1 aliphatic heterocycles. The van der Waals surface area contributed by atoms with Crippen molar-refractivity contribution in [2.75, 3.05) is 13.1 Å². The molecule has 2 heterocycles. The summed E-state index contributed by atoms with van der Waals surface area (Å²) in [5.41, 5.74) is 1.31. The van der Waals surface area contributed by atoms with Crippen LogP contribution in [0.1, 0.15) is 32.8 Å². The molecular weight excluding hydrogens is 222 g/mol. The summed E-state index contributed by atoms with van der Waals surface area (Å²) in [7, 11) is 0. The quantitative estimate of drug-likeness (QED) is 0.885. The van der Waals surface area contributed by atoms with Gasteiger partial charge in [0.1, 0.15) is 0 Å². The van der Waals surface area contributed by atoms with Gasteiger partial charge < -0.3 is 5.32 Å². The lowest BCUT2D eigenvalue weighted by Gasteiger charge is -2.41. The third-order valence-electron chi connectivity index (χ3n) is 4.17. The number of nitrogens with one attached hydrogen (secondary N) is 1. The molecule has 3 atom stereocenters. The van der Waals surface area contributed by atoms with Crippen molar-refractivity contribution in [3.63, 3.8) is 0 Å². The second-order valence-electron chi connectivity index (χ2n) is 5.54. The summed E-state index contributed by atoms with van der Waals surface area (Å²) >= 11 is 0. The number of nitrogens with zero attached hydrogens (tertiary/aromatic N) is 2. The average molecular weight is 247 g/mol. The Kier molecular flexibility index (Phi) is 4.72. The highest BCUT2D eigenvalue weighted by Crippen LogP contribution is 2.17. The van der Waals surface area contributed by atoms with Crippen LogP contribution in [0.4, 0.5) is 0 Å². The molecular formula is C15H25N3. The van der Waals surface area contributed by atoms with Gasteiger partial charge in [-0.1, -0.05) is 26.3 Å². The van der Waals surface area contributed by atoms with Gasteiger partial charge in [-0.2, -0.15) is 0 Å². The van der Waals surface area contributed by atoms with Crippen molar-refractivity contribution in [1.29, 1.82) is 0 Å². The number of rotatable bonds is 4. The lowest BCUT2D eigenvalue weighted by Crippen LogP contribution is -2.56. The number of aromatic nitrogens is 1. The van der Waals surface area contributed by atoms with Gasteiger partial charge in [-0.15, -0.1) is 0 Å². The van der Waals surface area contributed by atoms with Crippen LogP contribution in [-0.2, 0) is 6.54 Å². The Bertz CT molecular complexity index is 352. The van der Waals surface area contributed by atoms with Crippen LogP contribution in [0.15, 0.2) is 24.5 Å². The van der Waals surface area contributed by atoms with E-state index >= 15 is 0 Å². The first-order chi connectivity index (χ1) is 8.70. The predicted molar refractivity (Wildman–Crippen MR) is 75.4 cm³/mol. The Balaban J connectivity index is 1.97. The van der Waals surface area contributed by atoms with E-state index in [-0.39, 0.29) is 0 Å². The highest BCUT2D eigenvalue weighted by molar-refractivity contribution is 5.09. The molecule has 0 aliphatic carbocycles. The van der Waals surface area contributed by atoms with Crippen LogP contribution >= 0.6 is 0 Å². The van der Waals surface area contributed by atoms with Crippen LogP contribution in [0.5, 0.6) is 0 Å². The molecule has 0 bridgehead atoms. The van der Waals surface area contributed by atoms with E-state index in [0.29, 0.717) is 12.1 Å². The van der Waals surface area contributed by atoms with Crippen molar-refractivity contribution in [3.05, 3.63) is 30.1 Å². The first kappa shape index (κ1) is 13.5. The summed E-state index contributed by atoms with van der Waals surface area (Å²) < 4.78 is 0. The lowest BCUT2D eigenvalue weighted by atomic mass is 9.95. The van der Waals surface area contributed by atoms with Crippen LogP contribution in [0.2, 0.25) is 0 Å². The monoisotopic (exact) mass is 247 g/mol. The fraction of sp³-hybridized carbons (Fsp3) is 0.667. The molecule has 100 valence electrons. The maximum absolute atomic E-state index is 4.20. The second-order valence-corrected chi connectivity index (χ2v) is 5.54. The van der Waals surface area contributed by atoms with Crippen molar-refractivity contribution in [2.24, 2.45) is 5.92 Å². The molecule has 1 N–H and O–H groups in total. The third kappa shape index (κ3) is 3.30. The summed E-state index contributed by atoms with van der Waals surface area (Å²) in [5.74, 6) is 0.744. The van der Waals surface area contributed by atoms with Crippen LogP contribution in [-0.4, -0.2) is 35.1 Å². The summed E-state index contributed by atoms with van der Waals surface area (Å²) in [5, 5.41) is 3.68. The smallest absolute Gasteiger partial charge is 0.0312 e. The van der Waals surface area contributed by atoms with Gasteiger partial charge in [0.05, 0.1) is 0 Å². The zero-order valence-electron chi connectivity index (χ0n) is 11.8. The molecule has 18 heavy (non-hydrogen) atoms. The van der Waals surface area contributed by atoms with Crippen LogP contribution < -0.4 is 5.32 Å². The largest absolute Gasteiger partial charge is 0.311 e. The van der Waals surface area contributed by atoms with E-state index in [1.807, 2.05) is 18.5 Å². The van der Waals surface area contributed by atoms with Gasteiger partial charge in [0.2, 0.25) is 0 Å². The lowest BCUT2D eigenvalue weighted by molar-refractivity contribution is 0.112. The number of piperazine rings is 1. The topological polar surface area (TPSA) is 28.2 Å². The van der Waals surface area contributed by atoms with Crippen molar-refractivity contribution >= 4 is 0 Å². The van der Waals surface area contributed by atoms with Crippen molar-refractivity contribution < 1.29 is 0 Å². The summed E-state index contributed by atoms with van der Waals surface area (Å²) in [4.78, 5) is 6.78. The fourth-order valence-electron chi connectivity index (χ4n) is 2.56. The second kappa shape index (κ2) is 6.30.